The van der Waals surface area contributed by atoms with Crippen LogP contribution >= 0.6 is 0 Å². The van der Waals surface area contributed by atoms with E-state index in [-0.39, 0.29) is 46.0 Å². The molecule has 176 valence electrons. The Balaban J connectivity index is -0.000000199. The van der Waals surface area contributed by atoms with Crippen LogP contribution < -0.4 is 10.6 Å². The summed E-state index contributed by atoms with van der Waals surface area (Å²) in [6.07, 6.45) is -0.255. The van der Waals surface area contributed by atoms with Crippen molar-refractivity contribution in [2.24, 2.45) is 0 Å². The fraction of sp³-hybridized carbons (Fsp3) is 0.824. The van der Waals surface area contributed by atoms with Crippen molar-refractivity contribution in [3.63, 3.8) is 0 Å². The third-order valence-corrected chi connectivity index (χ3v) is 2.63. The van der Waals surface area contributed by atoms with Crippen LogP contribution in [-0.2, 0) is 14.4 Å². The van der Waals surface area contributed by atoms with Gasteiger partial charge in [-0.1, -0.05) is 0 Å². The average Bonchev–Trinajstić information content (AvgIpc) is 2.48. The van der Waals surface area contributed by atoms with Gasteiger partial charge in [0.2, 0.25) is 0 Å². The number of aliphatic carboxylic acids is 3. The fourth-order valence-corrected chi connectivity index (χ4v) is 1.81. The van der Waals surface area contributed by atoms with Gasteiger partial charge in [-0.2, -0.15) is 0 Å². The third-order valence-electron chi connectivity index (χ3n) is 2.63. The number of hydrogen-bond acceptors (Lipinski definition) is 7. The van der Waals surface area contributed by atoms with Gasteiger partial charge in [0.25, 0.3) is 17.9 Å². The number of carboxylic acids is 3. The first-order chi connectivity index (χ1) is 13.0. The van der Waals surface area contributed by atoms with Crippen molar-refractivity contribution in [1.29, 1.82) is 0 Å². The molecular formula is C17H37GdN4O7-. The molecule has 29 heavy (non-hydrogen) atoms. The molecule has 11 nitrogen and oxygen atoms in total. The molecule has 0 aromatic rings. The molecule has 0 spiro atoms. The monoisotopic (exact) mass is 567 g/mol. The molecule has 1 unspecified atom stereocenters. The first kappa shape index (κ1) is 35.9. The first-order valence-electron chi connectivity index (χ1n) is 9.02. The largest absolute Gasteiger partial charge is 0.660 e. The molecule has 0 radical (unpaired) electrons. The van der Waals surface area contributed by atoms with Crippen LogP contribution in [0, 0.1) is 39.9 Å². The zero-order valence-electron chi connectivity index (χ0n) is 17.7. The van der Waals surface area contributed by atoms with Gasteiger partial charge in [-0.15, -0.1) is 13.1 Å². The second kappa shape index (κ2) is 27.5. The molecular weight excluding hydrogens is 529 g/mol. The smallest absolute Gasteiger partial charge is 0.300 e. The molecule has 1 heterocycles. The van der Waals surface area contributed by atoms with Gasteiger partial charge in [-0.05, 0) is 20.0 Å². The van der Waals surface area contributed by atoms with Crippen LogP contribution in [0.4, 0.5) is 0 Å². The van der Waals surface area contributed by atoms with E-state index in [1.807, 2.05) is 6.92 Å². The number of aliphatic hydroxyl groups is 1. The van der Waals surface area contributed by atoms with Crippen molar-refractivity contribution in [2.45, 2.75) is 33.8 Å². The fourth-order valence-electron chi connectivity index (χ4n) is 1.81. The maximum absolute atomic E-state index is 9.39. The standard InChI is InChI=1S/C11H25N4O.3C2H4O2.Gd/c1-11(16)10-15-8-6-13-4-2-12-3-5-14-7-9-15;3*1-2(3)4;/h11-13,16H,2-10H2,1H3;3*1H3,(H,3,4);/q-1;;;;. The molecule has 0 amide bonds. The predicted octanol–water partition coefficient (Wildman–Crippen LogP) is -0.492. The molecule has 1 aliphatic heterocycles. The summed E-state index contributed by atoms with van der Waals surface area (Å²) in [5.41, 5.74) is 0. The summed E-state index contributed by atoms with van der Waals surface area (Å²) in [7, 11) is 0. The topological polar surface area (TPSA) is 174 Å². The first-order valence-corrected chi connectivity index (χ1v) is 9.02. The van der Waals surface area contributed by atoms with E-state index in [0.29, 0.717) is 0 Å². The van der Waals surface area contributed by atoms with E-state index in [2.05, 4.69) is 20.9 Å². The van der Waals surface area contributed by atoms with Crippen LogP contribution in [0.1, 0.15) is 27.7 Å². The molecule has 1 atom stereocenters. The van der Waals surface area contributed by atoms with Gasteiger partial charge in [0.1, 0.15) is 0 Å². The van der Waals surface area contributed by atoms with Gasteiger partial charge in [0, 0.05) is 93.4 Å². The second-order valence-electron chi connectivity index (χ2n) is 5.88. The van der Waals surface area contributed by atoms with E-state index in [4.69, 9.17) is 29.7 Å². The van der Waals surface area contributed by atoms with Crippen molar-refractivity contribution in [2.75, 3.05) is 58.9 Å². The Morgan fingerprint density at radius 3 is 1.69 bits per heavy atom. The SMILES string of the molecule is CC(=O)O.CC(=O)O.CC(=O)O.CC(O)CN1CC[N-]CCNCCNCC1.[Gd]. The number of nitrogens with one attached hydrogen (secondary N) is 2. The summed E-state index contributed by atoms with van der Waals surface area (Å²) in [6.45, 7) is 13.5. The van der Waals surface area contributed by atoms with Gasteiger partial charge in [0.15, 0.2) is 0 Å². The van der Waals surface area contributed by atoms with Crippen LogP contribution in [0.2, 0.25) is 0 Å². The Morgan fingerprint density at radius 1 is 0.862 bits per heavy atom. The Morgan fingerprint density at radius 2 is 1.28 bits per heavy atom. The van der Waals surface area contributed by atoms with E-state index in [1.54, 1.807) is 0 Å². The normalized spacial score (nSPS) is 16.0. The van der Waals surface area contributed by atoms with E-state index in [1.165, 1.54) is 0 Å². The van der Waals surface area contributed by atoms with E-state index >= 15 is 0 Å². The van der Waals surface area contributed by atoms with E-state index < -0.39 is 17.9 Å². The summed E-state index contributed by atoms with van der Waals surface area (Å²) in [6, 6.07) is 0. The number of nitrogens with zero attached hydrogens (tertiary/aromatic N) is 2. The minimum Gasteiger partial charge on any atom is -0.660 e. The summed E-state index contributed by atoms with van der Waals surface area (Å²) in [5.74, 6) is -2.50. The van der Waals surface area contributed by atoms with E-state index in [9.17, 15) is 5.11 Å². The average molecular weight is 567 g/mol. The van der Waals surface area contributed by atoms with Gasteiger partial charge in [-0.25, -0.2) is 0 Å². The number of carbonyl (C=O) groups is 3. The van der Waals surface area contributed by atoms with Crippen LogP contribution in [0.25, 0.3) is 5.32 Å². The van der Waals surface area contributed by atoms with E-state index in [0.717, 1.165) is 79.7 Å². The maximum Gasteiger partial charge on any atom is 0.300 e. The number of β-amino-alcohol motifs (C(OH)–C–C–N with tert-alkyl or cyclic N) is 1. The van der Waals surface area contributed by atoms with Crippen molar-refractivity contribution in [3.8, 4) is 0 Å². The maximum atomic E-state index is 9.39. The zero-order valence-corrected chi connectivity index (χ0v) is 20.0. The molecule has 12 heteroatoms. The number of hydrogen-bond donors (Lipinski definition) is 6. The van der Waals surface area contributed by atoms with Crippen molar-refractivity contribution < 1.29 is 74.8 Å². The minimum atomic E-state index is -0.833. The van der Waals surface area contributed by atoms with Gasteiger partial charge >= 0.3 is 0 Å². The van der Waals surface area contributed by atoms with Crippen molar-refractivity contribution in [3.05, 3.63) is 5.32 Å². The molecule has 1 rings (SSSR count). The number of rotatable bonds is 2. The van der Waals surface area contributed by atoms with Crippen LogP contribution in [0.5, 0.6) is 0 Å². The van der Waals surface area contributed by atoms with Crippen molar-refractivity contribution >= 4 is 17.9 Å². The molecule has 0 aromatic heterocycles. The molecule has 0 saturated carbocycles. The zero-order chi connectivity index (χ0) is 22.4. The minimum absolute atomic E-state index is 0. The number of carboxylic acid groups (broad SMARTS) is 3. The van der Waals surface area contributed by atoms with Crippen LogP contribution in [0.3, 0.4) is 0 Å². The molecule has 1 fully saturated rings. The van der Waals surface area contributed by atoms with Crippen LogP contribution in [0.15, 0.2) is 0 Å². The molecule has 0 aliphatic carbocycles. The van der Waals surface area contributed by atoms with Crippen LogP contribution in [-0.4, -0.2) is 108 Å². The molecule has 0 aromatic carbocycles. The Hall–Kier alpha value is -0.465. The summed E-state index contributed by atoms with van der Waals surface area (Å²) in [5, 5.41) is 42.8. The second-order valence-corrected chi connectivity index (χ2v) is 5.88. The molecule has 1 aliphatic rings. The van der Waals surface area contributed by atoms with Gasteiger partial charge < -0.3 is 41.3 Å². The quantitative estimate of drug-likeness (QED) is 0.256. The molecule has 1 saturated heterocycles. The van der Waals surface area contributed by atoms with Gasteiger partial charge in [-0.3, -0.25) is 14.4 Å². The predicted molar refractivity (Wildman–Crippen MR) is 107 cm³/mol. The molecule has 0 bridgehead atoms. The summed E-state index contributed by atoms with van der Waals surface area (Å²) < 4.78 is 0. The van der Waals surface area contributed by atoms with Gasteiger partial charge in [0.05, 0.1) is 6.10 Å². The van der Waals surface area contributed by atoms with Crippen molar-refractivity contribution in [1.82, 2.24) is 15.5 Å². The Bertz CT molecular complexity index is 349. The summed E-state index contributed by atoms with van der Waals surface area (Å²) >= 11 is 0. The third kappa shape index (κ3) is 58.4. The summed E-state index contributed by atoms with van der Waals surface area (Å²) in [4.78, 5) is 29.3. The Kier molecular flexibility index (Phi) is 34.1. The molecule has 6 N–H and O–H groups in total. The Labute approximate surface area is 205 Å². The number of aliphatic hydroxyl groups excluding tert-OH is 1.